The van der Waals surface area contributed by atoms with E-state index in [1.165, 1.54) is 7.11 Å². The molecule has 1 N–H and O–H groups in total. The number of aryl methyl sites for hydroxylation is 1. The molecule has 0 fully saturated rings. The standard InChI is InChI=1S/C38H32N4O3/c1-26-24-32(27(2)41(26)33-20-16-31(17-21-33)38(44)45-3)25-39-40-37(43)30-14-18-34(19-15-30)42-35(28-10-6-4-7-11-28)22-23-36(42)29-12-8-5-9-13-29/h4-25H,1-3H3,(H,40,43)/b39-25+. The molecule has 0 aliphatic rings. The third kappa shape index (κ3) is 5.96. The fourth-order valence-corrected chi connectivity index (χ4v) is 5.55. The number of methoxy groups -OCH3 is 1. The van der Waals surface area contributed by atoms with Crippen LogP contribution >= 0.6 is 0 Å². The van der Waals surface area contributed by atoms with E-state index in [1.54, 1.807) is 18.3 Å². The maximum Gasteiger partial charge on any atom is 0.337 e. The van der Waals surface area contributed by atoms with Gasteiger partial charge in [0.05, 0.1) is 30.3 Å². The summed E-state index contributed by atoms with van der Waals surface area (Å²) in [4.78, 5) is 24.8. The van der Waals surface area contributed by atoms with Crippen molar-refractivity contribution in [2.24, 2.45) is 5.10 Å². The number of aromatic nitrogens is 2. The second-order valence-electron chi connectivity index (χ2n) is 10.6. The van der Waals surface area contributed by atoms with Crippen LogP contribution in [0.15, 0.2) is 132 Å². The van der Waals surface area contributed by atoms with Crippen molar-refractivity contribution in [3.63, 3.8) is 0 Å². The zero-order valence-corrected chi connectivity index (χ0v) is 25.3. The van der Waals surface area contributed by atoms with Crippen molar-refractivity contribution in [3.8, 4) is 33.9 Å². The molecular formula is C38H32N4O3. The zero-order valence-electron chi connectivity index (χ0n) is 25.3. The van der Waals surface area contributed by atoms with Gasteiger partial charge in [-0.15, -0.1) is 0 Å². The van der Waals surface area contributed by atoms with E-state index < -0.39 is 0 Å². The fourth-order valence-electron chi connectivity index (χ4n) is 5.55. The zero-order chi connectivity index (χ0) is 31.3. The average Bonchev–Trinajstić information content (AvgIpc) is 3.65. The van der Waals surface area contributed by atoms with Crippen molar-refractivity contribution < 1.29 is 14.3 Å². The number of hydrazone groups is 1. The van der Waals surface area contributed by atoms with Gasteiger partial charge in [-0.05, 0) is 91.7 Å². The molecule has 0 unspecified atom stereocenters. The number of rotatable bonds is 8. The summed E-state index contributed by atoms with van der Waals surface area (Å²) in [5.74, 6) is -0.677. The molecule has 6 rings (SSSR count). The lowest BCUT2D eigenvalue weighted by Gasteiger charge is -2.15. The number of nitrogens with one attached hydrogen (secondary N) is 1. The predicted octanol–water partition coefficient (Wildman–Crippen LogP) is 7.77. The van der Waals surface area contributed by atoms with Crippen LogP contribution in [0.5, 0.6) is 0 Å². The Kier molecular flexibility index (Phi) is 8.24. The SMILES string of the molecule is COC(=O)c1ccc(-n2c(C)cc(/C=N/NC(=O)c3ccc(-n4c(-c5ccccc5)ccc4-c4ccccc4)cc3)c2C)cc1. The second kappa shape index (κ2) is 12.7. The van der Waals surface area contributed by atoms with Gasteiger partial charge in [0, 0.05) is 33.9 Å². The van der Waals surface area contributed by atoms with Gasteiger partial charge in [0.2, 0.25) is 0 Å². The maximum atomic E-state index is 13.0. The van der Waals surface area contributed by atoms with Crippen LogP contribution in [0.1, 0.15) is 37.7 Å². The Hall–Kier alpha value is -5.95. The summed E-state index contributed by atoms with van der Waals surface area (Å²) in [6, 6.07) is 41.5. The number of nitrogens with zero attached hydrogens (tertiary/aromatic N) is 3. The van der Waals surface area contributed by atoms with Crippen LogP contribution in [-0.2, 0) is 4.74 Å². The Bertz CT molecular complexity index is 1930. The number of hydrogen-bond acceptors (Lipinski definition) is 4. The predicted molar refractivity (Wildman–Crippen MR) is 178 cm³/mol. The van der Waals surface area contributed by atoms with Gasteiger partial charge in [-0.1, -0.05) is 60.7 Å². The molecule has 7 nitrogen and oxygen atoms in total. The summed E-state index contributed by atoms with van der Waals surface area (Å²) in [6.07, 6.45) is 1.64. The molecule has 0 saturated heterocycles. The van der Waals surface area contributed by atoms with Crippen LogP contribution in [-0.4, -0.2) is 34.3 Å². The number of hydrogen-bond donors (Lipinski definition) is 1. The number of amides is 1. The van der Waals surface area contributed by atoms with E-state index in [9.17, 15) is 9.59 Å². The highest BCUT2D eigenvalue weighted by molar-refractivity contribution is 5.95. The van der Waals surface area contributed by atoms with Gasteiger partial charge >= 0.3 is 5.97 Å². The van der Waals surface area contributed by atoms with Gasteiger partial charge in [-0.25, -0.2) is 10.2 Å². The van der Waals surface area contributed by atoms with Crippen molar-refractivity contribution in [3.05, 3.63) is 155 Å². The summed E-state index contributed by atoms with van der Waals surface area (Å²) in [5.41, 5.74) is 12.7. The number of benzene rings is 4. The summed E-state index contributed by atoms with van der Waals surface area (Å²) < 4.78 is 9.07. The molecule has 0 spiro atoms. The van der Waals surface area contributed by atoms with Gasteiger partial charge < -0.3 is 13.9 Å². The van der Waals surface area contributed by atoms with Crippen LogP contribution in [0.2, 0.25) is 0 Å². The number of carbonyl (C=O) groups excluding carboxylic acids is 2. The Morgan fingerprint density at radius 1 is 0.667 bits per heavy atom. The molecule has 0 bridgehead atoms. The van der Waals surface area contributed by atoms with Crippen LogP contribution in [0.25, 0.3) is 33.9 Å². The van der Waals surface area contributed by atoms with E-state index >= 15 is 0 Å². The van der Waals surface area contributed by atoms with Crippen LogP contribution in [0.4, 0.5) is 0 Å². The van der Waals surface area contributed by atoms with Crippen LogP contribution in [0.3, 0.4) is 0 Å². The fraction of sp³-hybridized carbons (Fsp3) is 0.0789. The van der Waals surface area contributed by atoms with Crippen molar-refractivity contribution in [1.29, 1.82) is 0 Å². The monoisotopic (exact) mass is 592 g/mol. The van der Waals surface area contributed by atoms with Crippen LogP contribution in [0, 0.1) is 13.8 Å². The second-order valence-corrected chi connectivity index (χ2v) is 10.6. The van der Waals surface area contributed by atoms with E-state index in [0.29, 0.717) is 11.1 Å². The molecule has 222 valence electrons. The molecule has 0 radical (unpaired) electrons. The number of carbonyl (C=O) groups is 2. The van der Waals surface area contributed by atoms with E-state index in [-0.39, 0.29) is 11.9 Å². The minimum atomic E-state index is -0.376. The topological polar surface area (TPSA) is 77.6 Å². The van der Waals surface area contributed by atoms with E-state index in [0.717, 1.165) is 50.8 Å². The molecule has 2 aromatic heterocycles. The first kappa shape index (κ1) is 29.1. The highest BCUT2D eigenvalue weighted by atomic mass is 16.5. The van der Waals surface area contributed by atoms with Crippen LogP contribution < -0.4 is 5.43 Å². The highest BCUT2D eigenvalue weighted by Gasteiger charge is 2.15. The first-order valence-electron chi connectivity index (χ1n) is 14.6. The normalized spacial score (nSPS) is 11.1. The molecule has 7 heteroatoms. The van der Waals surface area contributed by atoms with Gasteiger partial charge in [0.1, 0.15) is 0 Å². The van der Waals surface area contributed by atoms with Gasteiger partial charge in [0.15, 0.2) is 0 Å². The smallest absolute Gasteiger partial charge is 0.337 e. The molecule has 2 heterocycles. The first-order valence-corrected chi connectivity index (χ1v) is 14.6. The molecule has 4 aromatic carbocycles. The molecule has 0 aliphatic heterocycles. The van der Waals surface area contributed by atoms with Crippen molar-refractivity contribution in [2.75, 3.05) is 7.11 Å². The lowest BCUT2D eigenvalue weighted by atomic mass is 10.1. The molecule has 0 saturated carbocycles. The molecule has 1 amide bonds. The third-order valence-electron chi connectivity index (χ3n) is 7.79. The molecule has 45 heavy (non-hydrogen) atoms. The molecule has 0 aliphatic carbocycles. The minimum absolute atomic E-state index is 0.302. The van der Waals surface area contributed by atoms with Crippen molar-refractivity contribution >= 4 is 18.1 Å². The average molecular weight is 593 g/mol. The molecule has 6 aromatic rings. The number of esters is 1. The summed E-state index contributed by atoms with van der Waals surface area (Å²) >= 11 is 0. The maximum absolute atomic E-state index is 13.0. The Balaban J connectivity index is 1.20. The van der Waals surface area contributed by atoms with Gasteiger partial charge in [-0.2, -0.15) is 5.10 Å². The molecular weight excluding hydrogens is 560 g/mol. The van der Waals surface area contributed by atoms with Crippen molar-refractivity contribution in [1.82, 2.24) is 14.6 Å². The number of ether oxygens (including phenoxy) is 1. The lowest BCUT2D eigenvalue weighted by Crippen LogP contribution is -2.17. The quantitative estimate of drug-likeness (QED) is 0.111. The van der Waals surface area contributed by atoms with E-state index in [2.05, 4.69) is 56.1 Å². The minimum Gasteiger partial charge on any atom is -0.465 e. The Labute approximate surface area is 262 Å². The Morgan fingerprint density at radius 3 is 1.71 bits per heavy atom. The lowest BCUT2D eigenvalue weighted by molar-refractivity contribution is 0.0600. The van der Waals surface area contributed by atoms with Gasteiger partial charge in [-0.3, -0.25) is 4.79 Å². The van der Waals surface area contributed by atoms with E-state index in [1.807, 2.05) is 92.7 Å². The van der Waals surface area contributed by atoms with E-state index in [4.69, 9.17) is 4.74 Å². The largest absolute Gasteiger partial charge is 0.465 e. The third-order valence-corrected chi connectivity index (χ3v) is 7.79. The molecule has 0 atom stereocenters. The summed E-state index contributed by atoms with van der Waals surface area (Å²) in [7, 11) is 1.36. The van der Waals surface area contributed by atoms with Crippen molar-refractivity contribution in [2.45, 2.75) is 13.8 Å². The highest BCUT2D eigenvalue weighted by Crippen LogP contribution is 2.32. The Morgan fingerprint density at radius 2 is 1.18 bits per heavy atom. The van der Waals surface area contributed by atoms with Gasteiger partial charge in [0.25, 0.3) is 5.91 Å². The first-order chi connectivity index (χ1) is 21.9. The summed E-state index contributed by atoms with van der Waals surface area (Å²) in [5, 5.41) is 4.25. The summed E-state index contributed by atoms with van der Waals surface area (Å²) in [6.45, 7) is 3.98.